The maximum Gasteiger partial charge on any atom is 0.341 e. The van der Waals surface area contributed by atoms with Gasteiger partial charge in [0.15, 0.2) is 18.1 Å². The van der Waals surface area contributed by atoms with Crippen LogP contribution in [0.1, 0.15) is 41.6 Å². The van der Waals surface area contributed by atoms with Crippen molar-refractivity contribution in [2.45, 2.75) is 38.7 Å². The maximum atomic E-state index is 12.7. The number of rotatable bonds is 8. The molecule has 1 aliphatic rings. The quantitative estimate of drug-likeness (QED) is 0.696. The van der Waals surface area contributed by atoms with Crippen molar-refractivity contribution in [1.82, 2.24) is 0 Å². The van der Waals surface area contributed by atoms with Crippen LogP contribution in [0.25, 0.3) is 0 Å². The predicted molar refractivity (Wildman–Crippen MR) is 108 cm³/mol. The number of carbonyl (C=O) groups excluding carboxylic acids is 1. The number of benzene rings is 2. The molecule has 0 radical (unpaired) electrons. The van der Waals surface area contributed by atoms with E-state index >= 15 is 0 Å². The molecule has 7 nitrogen and oxygen atoms in total. The van der Waals surface area contributed by atoms with E-state index in [1.807, 2.05) is 6.92 Å². The minimum atomic E-state index is -1.05. The third kappa shape index (κ3) is 5.40. The van der Waals surface area contributed by atoms with Crippen molar-refractivity contribution in [2.24, 2.45) is 0 Å². The number of aryl methyl sites for hydroxylation is 1. The van der Waals surface area contributed by atoms with Gasteiger partial charge in [0.25, 0.3) is 5.91 Å². The SMILES string of the molecule is COc1cc(C(=O)Nc2ccc(OCC(=O)O)cc2C)ccc1OC1CCCC1. The van der Waals surface area contributed by atoms with Gasteiger partial charge in [-0.1, -0.05) is 0 Å². The van der Waals surface area contributed by atoms with E-state index in [4.69, 9.17) is 19.3 Å². The summed E-state index contributed by atoms with van der Waals surface area (Å²) in [5, 5.41) is 11.5. The van der Waals surface area contributed by atoms with Gasteiger partial charge in [-0.15, -0.1) is 0 Å². The van der Waals surface area contributed by atoms with Gasteiger partial charge in [-0.2, -0.15) is 0 Å². The first-order valence-corrected chi connectivity index (χ1v) is 9.57. The van der Waals surface area contributed by atoms with Crippen molar-refractivity contribution >= 4 is 17.6 Å². The van der Waals surface area contributed by atoms with Crippen LogP contribution in [0.5, 0.6) is 17.2 Å². The summed E-state index contributed by atoms with van der Waals surface area (Å²) in [6, 6.07) is 10.1. The molecule has 7 heteroatoms. The maximum absolute atomic E-state index is 12.7. The summed E-state index contributed by atoms with van der Waals surface area (Å²) in [4.78, 5) is 23.3. The summed E-state index contributed by atoms with van der Waals surface area (Å²) in [6.07, 6.45) is 4.63. The Labute approximate surface area is 169 Å². The first-order chi connectivity index (χ1) is 14.0. The molecular formula is C22H25NO6. The molecule has 1 saturated carbocycles. The van der Waals surface area contributed by atoms with Crippen LogP contribution in [-0.2, 0) is 4.79 Å². The Bertz CT molecular complexity index is 889. The van der Waals surface area contributed by atoms with Crippen LogP contribution in [0, 0.1) is 6.92 Å². The molecule has 1 aliphatic carbocycles. The minimum Gasteiger partial charge on any atom is -0.493 e. The first kappa shape index (κ1) is 20.5. The highest BCUT2D eigenvalue weighted by Gasteiger charge is 2.19. The van der Waals surface area contributed by atoms with Crippen LogP contribution in [0.15, 0.2) is 36.4 Å². The van der Waals surface area contributed by atoms with Crippen LogP contribution in [-0.4, -0.2) is 36.8 Å². The van der Waals surface area contributed by atoms with Gasteiger partial charge in [0.1, 0.15) is 5.75 Å². The topological polar surface area (TPSA) is 94.1 Å². The molecule has 29 heavy (non-hydrogen) atoms. The zero-order valence-corrected chi connectivity index (χ0v) is 16.6. The van der Waals surface area contributed by atoms with Crippen molar-refractivity contribution in [3.8, 4) is 17.2 Å². The summed E-state index contributed by atoms with van der Waals surface area (Å²) in [5.41, 5.74) is 1.82. The Morgan fingerprint density at radius 2 is 1.86 bits per heavy atom. The van der Waals surface area contributed by atoms with Crippen molar-refractivity contribution in [1.29, 1.82) is 0 Å². The van der Waals surface area contributed by atoms with E-state index in [1.54, 1.807) is 43.5 Å². The number of ether oxygens (including phenoxy) is 3. The molecule has 0 atom stereocenters. The number of carboxylic acid groups (broad SMARTS) is 1. The number of hydrogen-bond donors (Lipinski definition) is 2. The predicted octanol–water partition coefficient (Wildman–Crippen LogP) is 4.04. The van der Waals surface area contributed by atoms with E-state index in [0.29, 0.717) is 28.5 Å². The summed E-state index contributed by atoms with van der Waals surface area (Å²) in [5.74, 6) is 0.274. The van der Waals surface area contributed by atoms with Crippen molar-refractivity contribution in [3.05, 3.63) is 47.5 Å². The van der Waals surface area contributed by atoms with Gasteiger partial charge in [0, 0.05) is 11.3 Å². The highest BCUT2D eigenvalue weighted by molar-refractivity contribution is 6.05. The molecule has 1 fully saturated rings. The normalized spacial score (nSPS) is 13.7. The van der Waals surface area contributed by atoms with E-state index in [9.17, 15) is 9.59 Å². The average Bonchev–Trinajstić information content (AvgIpc) is 3.21. The Morgan fingerprint density at radius 3 is 2.52 bits per heavy atom. The van der Waals surface area contributed by atoms with Gasteiger partial charge in [0.2, 0.25) is 0 Å². The first-order valence-electron chi connectivity index (χ1n) is 9.57. The van der Waals surface area contributed by atoms with Crippen LogP contribution in [0.2, 0.25) is 0 Å². The van der Waals surface area contributed by atoms with Gasteiger partial charge in [-0.3, -0.25) is 4.79 Å². The van der Waals surface area contributed by atoms with Crippen LogP contribution in [0.3, 0.4) is 0 Å². The van der Waals surface area contributed by atoms with E-state index in [-0.39, 0.29) is 12.0 Å². The number of methoxy groups -OCH3 is 1. The molecule has 2 aromatic carbocycles. The monoisotopic (exact) mass is 399 g/mol. The molecule has 0 aromatic heterocycles. The molecule has 1 amide bonds. The number of carbonyl (C=O) groups is 2. The van der Waals surface area contributed by atoms with E-state index in [0.717, 1.165) is 18.4 Å². The van der Waals surface area contributed by atoms with Crippen molar-refractivity contribution < 1.29 is 28.9 Å². The van der Waals surface area contributed by atoms with Crippen LogP contribution >= 0.6 is 0 Å². The second-order valence-electron chi connectivity index (χ2n) is 7.00. The van der Waals surface area contributed by atoms with Gasteiger partial charge >= 0.3 is 5.97 Å². The molecular weight excluding hydrogens is 374 g/mol. The molecule has 0 spiro atoms. The Kier molecular flexibility index (Phi) is 6.59. The van der Waals surface area contributed by atoms with Crippen molar-refractivity contribution in [3.63, 3.8) is 0 Å². The summed E-state index contributed by atoms with van der Waals surface area (Å²) in [6.45, 7) is 1.39. The van der Waals surface area contributed by atoms with E-state index < -0.39 is 12.6 Å². The van der Waals surface area contributed by atoms with E-state index in [2.05, 4.69) is 5.32 Å². The highest BCUT2D eigenvalue weighted by atomic mass is 16.5. The molecule has 0 bridgehead atoms. The summed E-state index contributed by atoms with van der Waals surface area (Å²) >= 11 is 0. The average molecular weight is 399 g/mol. The smallest absolute Gasteiger partial charge is 0.341 e. The number of carboxylic acids is 1. The lowest BCUT2D eigenvalue weighted by Crippen LogP contribution is -2.15. The number of nitrogens with one attached hydrogen (secondary N) is 1. The fourth-order valence-electron chi connectivity index (χ4n) is 3.30. The molecule has 0 saturated heterocycles. The molecule has 0 aliphatic heterocycles. The molecule has 0 heterocycles. The summed E-state index contributed by atoms with van der Waals surface area (Å²) < 4.78 is 16.6. The Morgan fingerprint density at radius 1 is 1.10 bits per heavy atom. The second-order valence-corrected chi connectivity index (χ2v) is 7.00. The lowest BCUT2D eigenvalue weighted by atomic mass is 10.1. The number of anilines is 1. The second kappa shape index (κ2) is 9.32. The molecule has 3 rings (SSSR count). The van der Waals surface area contributed by atoms with Gasteiger partial charge in [0.05, 0.1) is 13.2 Å². The third-order valence-electron chi connectivity index (χ3n) is 4.83. The lowest BCUT2D eigenvalue weighted by Gasteiger charge is -2.17. The van der Waals surface area contributed by atoms with E-state index in [1.165, 1.54) is 12.8 Å². The van der Waals surface area contributed by atoms with Crippen molar-refractivity contribution in [2.75, 3.05) is 19.0 Å². The minimum absolute atomic E-state index is 0.202. The largest absolute Gasteiger partial charge is 0.493 e. The van der Waals surface area contributed by atoms with Crippen LogP contribution < -0.4 is 19.5 Å². The number of hydrogen-bond acceptors (Lipinski definition) is 5. The fourth-order valence-corrected chi connectivity index (χ4v) is 3.30. The van der Waals surface area contributed by atoms with Gasteiger partial charge in [-0.05, 0) is 74.6 Å². The molecule has 0 unspecified atom stereocenters. The third-order valence-corrected chi connectivity index (χ3v) is 4.83. The Hall–Kier alpha value is -3.22. The molecule has 154 valence electrons. The van der Waals surface area contributed by atoms with Gasteiger partial charge < -0.3 is 24.6 Å². The Balaban J connectivity index is 1.69. The molecule has 2 aromatic rings. The fraction of sp³-hybridized carbons (Fsp3) is 0.364. The lowest BCUT2D eigenvalue weighted by molar-refractivity contribution is -0.139. The zero-order chi connectivity index (χ0) is 20.8. The number of aliphatic carboxylic acids is 1. The summed E-state index contributed by atoms with van der Waals surface area (Å²) in [7, 11) is 1.55. The highest BCUT2D eigenvalue weighted by Crippen LogP contribution is 2.32. The van der Waals surface area contributed by atoms with Gasteiger partial charge in [-0.25, -0.2) is 4.79 Å². The number of amides is 1. The standard InChI is InChI=1S/C22H25NO6/c1-14-11-17(28-13-21(24)25)8-9-18(14)23-22(26)15-7-10-19(20(12-15)27-2)29-16-5-3-4-6-16/h7-12,16H,3-6,13H2,1-2H3,(H,23,26)(H,24,25). The van der Waals surface area contributed by atoms with Crippen LogP contribution in [0.4, 0.5) is 5.69 Å². The molecule has 2 N–H and O–H groups in total. The zero-order valence-electron chi connectivity index (χ0n) is 16.6.